The van der Waals surface area contributed by atoms with Crippen LogP contribution >= 0.6 is 11.6 Å². The van der Waals surface area contributed by atoms with Crippen LogP contribution in [0.25, 0.3) is 11.0 Å². The summed E-state index contributed by atoms with van der Waals surface area (Å²) in [7, 11) is 2.02. The molecule has 0 aliphatic heterocycles. The van der Waals surface area contributed by atoms with Crippen molar-refractivity contribution in [3.8, 4) is 0 Å². The molecule has 2 N–H and O–H groups in total. The van der Waals surface area contributed by atoms with Crippen molar-refractivity contribution in [1.29, 1.82) is 0 Å². The smallest absolute Gasteiger partial charge is 0.201 e. The molecule has 98 valence electrons. The minimum absolute atomic E-state index is 0.0674. The van der Waals surface area contributed by atoms with Crippen LogP contribution in [-0.2, 0) is 6.54 Å². The number of rotatable bonds is 4. The Kier molecular flexibility index (Phi) is 3.73. The van der Waals surface area contributed by atoms with Crippen molar-refractivity contribution in [2.24, 2.45) is 0 Å². The third-order valence-electron chi connectivity index (χ3n) is 3.06. The average molecular weight is 271 g/mol. The van der Waals surface area contributed by atoms with Gasteiger partial charge in [-0.25, -0.2) is 9.37 Å². The summed E-state index contributed by atoms with van der Waals surface area (Å²) < 4.78 is 15.3. The lowest BCUT2D eigenvalue weighted by Crippen LogP contribution is -2.23. The molecule has 0 aliphatic rings. The highest BCUT2D eigenvalue weighted by Crippen LogP contribution is 2.24. The molecule has 0 spiro atoms. The molecule has 0 aliphatic carbocycles. The maximum absolute atomic E-state index is 13.5. The second-order valence-corrected chi connectivity index (χ2v) is 4.68. The Hall–Kier alpha value is -1.33. The molecule has 0 fully saturated rings. The van der Waals surface area contributed by atoms with Crippen LogP contribution in [0.15, 0.2) is 12.1 Å². The van der Waals surface area contributed by atoms with E-state index in [1.54, 1.807) is 4.57 Å². The summed E-state index contributed by atoms with van der Waals surface area (Å²) in [6.07, 6.45) is 0. The van der Waals surface area contributed by atoms with Crippen LogP contribution in [0.1, 0.15) is 6.92 Å². The third-order valence-corrected chi connectivity index (χ3v) is 3.35. The van der Waals surface area contributed by atoms with Gasteiger partial charge in [-0.1, -0.05) is 18.5 Å². The number of aromatic nitrogens is 2. The summed E-state index contributed by atoms with van der Waals surface area (Å²) in [4.78, 5) is 6.34. The number of nitrogens with two attached hydrogens (primary N) is 1. The quantitative estimate of drug-likeness (QED) is 0.928. The lowest BCUT2D eigenvalue weighted by atomic mass is 10.3. The molecule has 0 atom stereocenters. The molecule has 6 heteroatoms. The first-order valence-corrected chi connectivity index (χ1v) is 6.20. The molecule has 2 rings (SSSR count). The first kappa shape index (κ1) is 13.1. The van der Waals surface area contributed by atoms with Gasteiger partial charge in [0.05, 0.1) is 16.1 Å². The predicted molar refractivity (Wildman–Crippen MR) is 72.3 cm³/mol. The maximum Gasteiger partial charge on any atom is 0.201 e. The number of nitrogen functional groups attached to an aromatic ring is 1. The monoisotopic (exact) mass is 270 g/mol. The first-order valence-electron chi connectivity index (χ1n) is 5.82. The Morgan fingerprint density at radius 2 is 2.22 bits per heavy atom. The fourth-order valence-electron chi connectivity index (χ4n) is 1.80. The molecule has 1 aromatic heterocycles. The van der Waals surface area contributed by atoms with Gasteiger partial charge in [-0.2, -0.15) is 0 Å². The molecule has 2 aromatic rings. The molecule has 4 nitrogen and oxygen atoms in total. The average Bonchev–Trinajstić information content (AvgIpc) is 2.62. The van der Waals surface area contributed by atoms with Gasteiger partial charge in [-0.3, -0.25) is 0 Å². The molecule has 0 saturated heterocycles. The molecule has 0 amide bonds. The zero-order valence-corrected chi connectivity index (χ0v) is 11.2. The van der Waals surface area contributed by atoms with Gasteiger partial charge in [0, 0.05) is 19.2 Å². The van der Waals surface area contributed by atoms with Gasteiger partial charge in [0.25, 0.3) is 0 Å². The fraction of sp³-hybridized carbons (Fsp3) is 0.417. The highest BCUT2D eigenvalue weighted by molar-refractivity contribution is 6.31. The van der Waals surface area contributed by atoms with Gasteiger partial charge in [-0.15, -0.1) is 0 Å². The lowest BCUT2D eigenvalue weighted by molar-refractivity contribution is 0.338. The van der Waals surface area contributed by atoms with Crippen LogP contribution in [-0.4, -0.2) is 34.6 Å². The van der Waals surface area contributed by atoms with Crippen molar-refractivity contribution in [2.75, 3.05) is 25.9 Å². The van der Waals surface area contributed by atoms with E-state index in [0.717, 1.165) is 13.1 Å². The minimum atomic E-state index is -0.450. The van der Waals surface area contributed by atoms with Crippen LogP contribution in [0.4, 0.5) is 10.3 Å². The summed E-state index contributed by atoms with van der Waals surface area (Å²) in [5.41, 5.74) is 7.15. The molecule has 0 saturated carbocycles. The maximum atomic E-state index is 13.5. The molecular formula is C12H16ClFN4. The number of likely N-dealkylation sites (N-methyl/N-ethyl adjacent to an activating group) is 1. The number of nitrogens with zero attached hydrogens (tertiary/aromatic N) is 3. The number of hydrogen-bond acceptors (Lipinski definition) is 3. The number of imidazole rings is 1. The second-order valence-electron chi connectivity index (χ2n) is 4.27. The molecule has 0 radical (unpaired) electrons. The Bertz CT molecular complexity index is 567. The molecule has 18 heavy (non-hydrogen) atoms. The van der Waals surface area contributed by atoms with E-state index in [9.17, 15) is 4.39 Å². The number of anilines is 1. The van der Waals surface area contributed by atoms with Crippen molar-refractivity contribution < 1.29 is 4.39 Å². The topological polar surface area (TPSA) is 47.1 Å². The van der Waals surface area contributed by atoms with Crippen molar-refractivity contribution in [2.45, 2.75) is 13.5 Å². The first-order chi connectivity index (χ1) is 8.52. The van der Waals surface area contributed by atoms with Crippen molar-refractivity contribution >= 4 is 28.6 Å². The van der Waals surface area contributed by atoms with E-state index < -0.39 is 5.82 Å². The van der Waals surface area contributed by atoms with Crippen LogP contribution in [0.5, 0.6) is 0 Å². The Balaban J connectivity index is 2.37. The van der Waals surface area contributed by atoms with Gasteiger partial charge in [0.2, 0.25) is 5.95 Å². The van der Waals surface area contributed by atoms with Gasteiger partial charge < -0.3 is 15.2 Å². The number of benzene rings is 1. The number of halogens is 2. The fourth-order valence-corrected chi connectivity index (χ4v) is 1.96. The van der Waals surface area contributed by atoms with Crippen LogP contribution in [0, 0.1) is 5.82 Å². The van der Waals surface area contributed by atoms with Gasteiger partial charge >= 0.3 is 0 Å². The Morgan fingerprint density at radius 1 is 1.50 bits per heavy atom. The van der Waals surface area contributed by atoms with Crippen LogP contribution in [0.3, 0.4) is 0 Å². The second kappa shape index (κ2) is 5.12. The van der Waals surface area contributed by atoms with Crippen LogP contribution < -0.4 is 5.73 Å². The van der Waals surface area contributed by atoms with Gasteiger partial charge in [0.1, 0.15) is 5.82 Å². The Morgan fingerprint density at radius 3 is 2.89 bits per heavy atom. The molecular weight excluding hydrogens is 255 g/mol. The largest absolute Gasteiger partial charge is 0.369 e. The van der Waals surface area contributed by atoms with Crippen molar-refractivity contribution in [3.05, 3.63) is 23.0 Å². The predicted octanol–water partition coefficient (Wildman–Crippen LogP) is 2.36. The van der Waals surface area contributed by atoms with E-state index in [0.29, 0.717) is 23.5 Å². The molecule has 0 unspecified atom stereocenters. The van der Waals surface area contributed by atoms with E-state index >= 15 is 0 Å². The highest BCUT2D eigenvalue weighted by Gasteiger charge is 2.11. The summed E-state index contributed by atoms with van der Waals surface area (Å²) in [5, 5.41) is 0.0674. The Labute approximate surface area is 110 Å². The van der Waals surface area contributed by atoms with Gasteiger partial charge in [-0.05, 0) is 19.7 Å². The van der Waals surface area contributed by atoms with E-state index in [2.05, 4.69) is 16.8 Å². The molecule has 0 bridgehead atoms. The van der Waals surface area contributed by atoms with Crippen LogP contribution in [0.2, 0.25) is 5.02 Å². The van der Waals surface area contributed by atoms with E-state index in [1.807, 2.05) is 7.05 Å². The molecule has 1 heterocycles. The highest BCUT2D eigenvalue weighted by atomic mass is 35.5. The van der Waals surface area contributed by atoms with Crippen molar-refractivity contribution in [3.63, 3.8) is 0 Å². The number of fused-ring (bicyclic) bond motifs is 1. The summed E-state index contributed by atoms with van der Waals surface area (Å²) in [6.45, 7) is 4.53. The number of hydrogen-bond donors (Lipinski definition) is 1. The third kappa shape index (κ3) is 2.42. The zero-order chi connectivity index (χ0) is 13.3. The van der Waals surface area contributed by atoms with E-state index in [-0.39, 0.29) is 5.02 Å². The van der Waals surface area contributed by atoms with E-state index in [1.165, 1.54) is 12.1 Å². The summed E-state index contributed by atoms with van der Waals surface area (Å²) in [6, 6.07) is 2.88. The standard InChI is InChI=1S/C12H16ClFN4/c1-3-17(2)4-5-18-11-7-9(14)8(13)6-10(11)16-12(18)15/h6-7H,3-5H2,1-2H3,(H2,15,16). The SMILES string of the molecule is CCN(C)CCn1c(N)nc2cc(Cl)c(F)cc21. The zero-order valence-electron chi connectivity index (χ0n) is 10.5. The van der Waals surface area contributed by atoms with Gasteiger partial charge in [0.15, 0.2) is 0 Å². The lowest BCUT2D eigenvalue weighted by Gasteiger charge is -2.15. The summed E-state index contributed by atoms with van der Waals surface area (Å²) in [5.74, 6) is -0.0645. The van der Waals surface area contributed by atoms with Crippen molar-refractivity contribution in [1.82, 2.24) is 14.5 Å². The minimum Gasteiger partial charge on any atom is -0.369 e. The summed E-state index contributed by atoms with van der Waals surface area (Å²) >= 11 is 5.73. The normalized spacial score (nSPS) is 11.6. The molecule has 1 aromatic carbocycles. The van der Waals surface area contributed by atoms with E-state index in [4.69, 9.17) is 17.3 Å².